The molecule has 0 saturated heterocycles. The fourth-order valence-electron chi connectivity index (χ4n) is 0.429. The number of nitrogens with zero attached hydrogens (tertiary/aromatic N) is 1. The molecule has 0 heterocycles. The summed E-state index contributed by atoms with van der Waals surface area (Å²) in [6.07, 6.45) is 0.316. The lowest BCUT2D eigenvalue weighted by molar-refractivity contribution is -0.164. The van der Waals surface area contributed by atoms with Gasteiger partial charge in [0.1, 0.15) is 0 Å². The highest BCUT2D eigenvalue weighted by Gasteiger charge is 2.04. The Balaban J connectivity index is 3.45. The highest BCUT2D eigenvalue weighted by Crippen LogP contribution is 1.85. The molecule has 4 heteroatoms. The van der Waals surface area contributed by atoms with Crippen molar-refractivity contribution in [1.29, 1.82) is 0 Å². The lowest BCUT2D eigenvalue weighted by Gasteiger charge is -2.11. The summed E-state index contributed by atoms with van der Waals surface area (Å²) in [7, 11) is 0. The molecule has 0 unspecified atom stereocenters. The van der Waals surface area contributed by atoms with Crippen LogP contribution in [-0.4, -0.2) is 29.3 Å². The van der Waals surface area contributed by atoms with Crippen molar-refractivity contribution >= 4 is 5.91 Å². The zero-order valence-electron chi connectivity index (χ0n) is 5.50. The van der Waals surface area contributed by atoms with E-state index in [1.807, 2.05) is 0 Å². The van der Waals surface area contributed by atoms with Gasteiger partial charge in [-0.1, -0.05) is 6.92 Å². The van der Waals surface area contributed by atoms with Gasteiger partial charge in [0.2, 0.25) is 5.91 Å². The first-order valence-electron chi connectivity index (χ1n) is 2.91. The smallest absolute Gasteiger partial charge is 0.245 e. The highest BCUT2D eigenvalue weighted by atomic mass is 16.5. The minimum atomic E-state index is -0.291. The molecule has 0 saturated carbocycles. The standard InChI is InChI=1S/C5H12N2O2/c1-2-5(8)7(9)4-3-6/h9H,2-4,6H2,1H3. The van der Waals surface area contributed by atoms with E-state index in [9.17, 15) is 4.79 Å². The first kappa shape index (κ1) is 8.39. The zero-order valence-corrected chi connectivity index (χ0v) is 5.50. The van der Waals surface area contributed by atoms with Crippen LogP contribution in [0.2, 0.25) is 0 Å². The third kappa shape index (κ3) is 3.05. The van der Waals surface area contributed by atoms with Crippen LogP contribution in [0.1, 0.15) is 13.3 Å². The number of amides is 1. The molecule has 0 aliphatic carbocycles. The van der Waals surface area contributed by atoms with Crippen LogP contribution in [-0.2, 0) is 4.79 Å². The first-order chi connectivity index (χ1) is 4.22. The summed E-state index contributed by atoms with van der Waals surface area (Å²) < 4.78 is 0. The topological polar surface area (TPSA) is 66.6 Å². The van der Waals surface area contributed by atoms with Gasteiger partial charge in [-0.2, -0.15) is 0 Å². The van der Waals surface area contributed by atoms with E-state index >= 15 is 0 Å². The Morgan fingerprint density at radius 1 is 1.78 bits per heavy atom. The summed E-state index contributed by atoms with van der Waals surface area (Å²) in [5, 5.41) is 9.36. The van der Waals surface area contributed by atoms with E-state index in [4.69, 9.17) is 10.9 Å². The van der Waals surface area contributed by atoms with E-state index in [-0.39, 0.29) is 12.5 Å². The van der Waals surface area contributed by atoms with Gasteiger partial charge in [0.05, 0.1) is 6.54 Å². The first-order valence-corrected chi connectivity index (χ1v) is 2.91. The van der Waals surface area contributed by atoms with E-state index in [0.717, 1.165) is 0 Å². The van der Waals surface area contributed by atoms with Gasteiger partial charge in [-0.15, -0.1) is 0 Å². The highest BCUT2D eigenvalue weighted by molar-refractivity contribution is 5.74. The molecule has 0 atom stereocenters. The predicted molar refractivity (Wildman–Crippen MR) is 32.8 cm³/mol. The van der Waals surface area contributed by atoms with Crippen LogP contribution in [0.5, 0.6) is 0 Å². The van der Waals surface area contributed by atoms with Crippen molar-refractivity contribution in [2.24, 2.45) is 5.73 Å². The molecule has 4 nitrogen and oxygen atoms in total. The normalized spacial score (nSPS) is 9.22. The van der Waals surface area contributed by atoms with Crippen molar-refractivity contribution in [3.05, 3.63) is 0 Å². The molecule has 0 aromatic rings. The average Bonchev–Trinajstić information content (AvgIpc) is 1.87. The van der Waals surface area contributed by atoms with Crippen LogP contribution in [0.25, 0.3) is 0 Å². The molecule has 0 fully saturated rings. The van der Waals surface area contributed by atoms with Crippen molar-refractivity contribution in [2.45, 2.75) is 13.3 Å². The van der Waals surface area contributed by atoms with Crippen molar-refractivity contribution in [3.8, 4) is 0 Å². The van der Waals surface area contributed by atoms with E-state index in [0.29, 0.717) is 18.0 Å². The van der Waals surface area contributed by atoms with Gasteiger partial charge in [-0.3, -0.25) is 10.0 Å². The number of hydrogen-bond acceptors (Lipinski definition) is 3. The third-order valence-corrected chi connectivity index (χ3v) is 0.931. The summed E-state index contributed by atoms with van der Waals surface area (Å²) in [6.45, 7) is 2.19. The lowest BCUT2D eigenvalue weighted by atomic mass is 10.4. The second-order valence-corrected chi connectivity index (χ2v) is 1.66. The molecule has 9 heavy (non-hydrogen) atoms. The van der Waals surface area contributed by atoms with Crippen LogP contribution in [0.4, 0.5) is 0 Å². The Bertz CT molecular complexity index is 95.0. The third-order valence-electron chi connectivity index (χ3n) is 0.931. The van der Waals surface area contributed by atoms with Crippen molar-refractivity contribution in [2.75, 3.05) is 13.1 Å². The molecular formula is C5H12N2O2. The number of carbonyl (C=O) groups is 1. The number of carbonyl (C=O) groups excluding carboxylic acids is 1. The SMILES string of the molecule is CCC(=O)N(O)CCN. The predicted octanol–water partition coefficient (Wildman–Crippen LogP) is -0.427. The maximum atomic E-state index is 10.5. The van der Waals surface area contributed by atoms with Crippen LogP contribution in [0, 0.1) is 0 Å². The molecule has 0 aliphatic rings. The summed E-state index contributed by atoms with van der Waals surface area (Å²) in [5.74, 6) is -0.291. The van der Waals surface area contributed by atoms with Gasteiger partial charge >= 0.3 is 0 Å². The van der Waals surface area contributed by atoms with E-state index in [1.165, 1.54) is 0 Å². The fourth-order valence-corrected chi connectivity index (χ4v) is 0.429. The molecule has 0 bridgehead atoms. The molecule has 54 valence electrons. The van der Waals surface area contributed by atoms with Crippen LogP contribution >= 0.6 is 0 Å². The van der Waals surface area contributed by atoms with Crippen LogP contribution < -0.4 is 5.73 Å². The van der Waals surface area contributed by atoms with Crippen molar-refractivity contribution in [1.82, 2.24) is 5.06 Å². The quantitative estimate of drug-likeness (QED) is 0.404. The second kappa shape index (κ2) is 4.29. The van der Waals surface area contributed by atoms with Gasteiger partial charge in [-0.05, 0) is 0 Å². The molecular weight excluding hydrogens is 120 g/mol. The second-order valence-electron chi connectivity index (χ2n) is 1.66. The van der Waals surface area contributed by atoms with Crippen LogP contribution in [0.15, 0.2) is 0 Å². The molecule has 0 aromatic carbocycles. The van der Waals surface area contributed by atoms with Gasteiger partial charge < -0.3 is 5.73 Å². The molecule has 0 radical (unpaired) electrons. The van der Waals surface area contributed by atoms with Crippen molar-refractivity contribution < 1.29 is 10.0 Å². The lowest BCUT2D eigenvalue weighted by Crippen LogP contribution is -2.31. The molecule has 0 rings (SSSR count). The molecule has 0 spiro atoms. The fraction of sp³-hybridized carbons (Fsp3) is 0.800. The van der Waals surface area contributed by atoms with Gasteiger partial charge in [0.25, 0.3) is 0 Å². The Morgan fingerprint density at radius 3 is 2.67 bits per heavy atom. The number of rotatable bonds is 3. The van der Waals surface area contributed by atoms with E-state index in [2.05, 4.69) is 0 Å². The van der Waals surface area contributed by atoms with Crippen molar-refractivity contribution in [3.63, 3.8) is 0 Å². The zero-order chi connectivity index (χ0) is 7.28. The minimum absolute atomic E-state index is 0.215. The number of hydroxylamine groups is 2. The van der Waals surface area contributed by atoms with Gasteiger partial charge in [0.15, 0.2) is 0 Å². The van der Waals surface area contributed by atoms with E-state index < -0.39 is 0 Å². The molecule has 0 aliphatic heterocycles. The van der Waals surface area contributed by atoms with Crippen LogP contribution in [0.3, 0.4) is 0 Å². The van der Waals surface area contributed by atoms with E-state index in [1.54, 1.807) is 6.92 Å². The molecule has 0 aromatic heterocycles. The summed E-state index contributed by atoms with van der Waals surface area (Å²) in [6, 6.07) is 0. The maximum absolute atomic E-state index is 10.5. The Kier molecular flexibility index (Phi) is 4.00. The summed E-state index contributed by atoms with van der Waals surface area (Å²) in [4.78, 5) is 10.5. The average molecular weight is 132 g/mol. The van der Waals surface area contributed by atoms with Gasteiger partial charge in [0, 0.05) is 13.0 Å². The maximum Gasteiger partial charge on any atom is 0.245 e. The summed E-state index contributed by atoms with van der Waals surface area (Å²) in [5.41, 5.74) is 5.07. The monoisotopic (exact) mass is 132 g/mol. The van der Waals surface area contributed by atoms with Gasteiger partial charge in [-0.25, -0.2) is 5.06 Å². The Morgan fingerprint density at radius 2 is 2.33 bits per heavy atom. The largest absolute Gasteiger partial charge is 0.329 e. The number of nitrogens with two attached hydrogens (primary N) is 1. The number of hydrogen-bond donors (Lipinski definition) is 2. The molecule has 1 amide bonds. The summed E-state index contributed by atoms with van der Waals surface area (Å²) >= 11 is 0. The Labute approximate surface area is 54.2 Å². The minimum Gasteiger partial charge on any atom is -0.329 e. The Hall–Kier alpha value is -0.610. The molecule has 3 N–H and O–H groups in total.